The number of amides is 1. The third kappa shape index (κ3) is 3.14. The van der Waals surface area contributed by atoms with Gasteiger partial charge < -0.3 is 11.1 Å². The summed E-state index contributed by atoms with van der Waals surface area (Å²) in [5, 5.41) is 3.31. The monoisotopic (exact) mass is 352 g/mol. The molecule has 1 amide bonds. The third-order valence-corrected chi connectivity index (χ3v) is 3.80. The van der Waals surface area contributed by atoms with Crippen LogP contribution in [0.2, 0.25) is 5.02 Å². The van der Waals surface area contributed by atoms with Crippen LogP contribution in [0.5, 0.6) is 0 Å². The van der Waals surface area contributed by atoms with Crippen molar-refractivity contribution in [2.24, 2.45) is 0 Å². The van der Waals surface area contributed by atoms with Gasteiger partial charge in [-0.3, -0.25) is 4.79 Å². The molecule has 0 saturated heterocycles. The first kappa shape index (κ1) is 14.9. The minimum atomic E-state index is -0.235. The Labute approximate surface area is 131 Å². The number of carbonyl (C=O) groups excluding carboxylic acids is 1. The molecule has 5 heteroatoms. The molecule has 0 spiro atoms. The molecule has 104 valence electrons. The zero-order valence-corrected chi connectivity index (χ0v) is 13.5. The minimum absolute atomic E-state index is 0.235. The van der Waals surface area contributed by atoms with Crippen molar-refractivity contribution in [2.45, 2.75) is 13.8 Å². The quantitative estimate of drug-likeness (QED) is 0.778. The zero-order valence-electron chi connectivity index (χ0n) is 11.1. The van der Waals surface area contributed by atoms with Gasteiger partial charge in [0.15, 0.2) is 0 Å². The van der Waals surface area contributed by atoms with Crippen molar-refractivity contribution in [1.29, 1.82) is 0 Å². The number of aryl methyl sites for hydroxylation is 1. The van der Waals surface area contributed by atoms with E-state index in [0.29, 0.717) is 22.0 Å². The molecule has 2 rings (SSSR count). The Balaban J connectivity index is 2.33. The Hall–Kier alpha value is -1.52. The van der Waals surface area contributed by atoms with Crippen LogP contribution in [0, 0.1) is 13.8 Å². The SMILES string of the molecule is Cc1ccc(NC(=O)c2cc(Br)cc(N)c2C)c(Cl)c1. The van der Waals surface area contributed by atoms with Crippen LogP contribution < -0.4 is 11.1 Å². The van der Waals surface area contributed by atoms with Crippen LogP contribution in [0.3, 0.4) is 0 Å². The number of rotatable bonds is 2. The molecule has 2 aromatic rings. The van der Waals surface area contributed by atoms with Gasteiger partial charge in [0.2, 0.25) is 0 Å². The van der Waals surface area contributed by atoms with Gasteiger partial charge in [-0.05, 0) is 49.2 Å². The van der Waals surface area contributed by atoms with Crippen LogP contribution >= 0.6 is 27.5 Å². The van der Waals surface area contributed by atoms with Crippen LogP contribution in [0.15, 0.2) is 34.8 Å². The van der Waals surface area contributed by atoms with E-state index in [1.807, 2.05) is 19.9 Å². The molecule has 20 heavy (non-hydrogen) atoms. The number of hydrogen-bond acceptors (Lipinski definition) is 2. The van der Waals surface area contributed by atoms with Crippen LogP contribution in [0.4, 0.5) is 11.4 Å². The van der Waals surface area contributed by atoms with Gasteiger partial charge in [-0.15, -0.1) is 0 Å². The molecule has 0 fully saturated rings. The second-order valence-corrected chi connectivity index (χ2v) is 5.93. The Bertz CT molecular complexity index is 686. The van der Waals surface area contributed by atoms with Gasteiger partial charge in [-0.1, -0.05) is 33.6 Å². The first-order chi connectivity index (χ1) is 9.38. The molecule has 0 aliphatic rings. The predicted molar refractivity (Wildman–Crippen MR) is 87.4 cm³/mol. The summed E-state index contributed by atoms with van der Waals surface area (Å²) >= 11 is 9.45. The lowest BCUT2D eigenvalue weighted by atomic mass is 10.1. The van der Waals surface area contributed by atoms with Gasteiger partial charge >= 0.3 is 0 Å². The number of anilines is 2. The fourth-order valence-electron chi connectivity index (χ4n) is 1.85. The summed E-state index contributed by atoms with van der Waals surface area (Å²) in [5.74, 6) is -0.235. The van der Waals surface area contributed by atoms with Gasteiger partial charge in [-0.2, -0.15) is 0 Å². The van der Waals surface area contributed by atoms with Gasteiger partial charge in [0, 0.05) is 15.7 Å². The van der Waals surface area contributed by atoms with E-state index in [4.69, 9.17) is 17.3 Å². The molecule has 0 heterocycles. The smallest absolute Gasteiger partial charge is 0.256 e. The normalized spacial score (nSPS) is 10.4. The summed E-state index contributed by atoms with van der Waals surface area (Å²) in [7, 11) is 0. The van der Waals surface area contributed by atoms with Crippen LogP contribution in [0.25, 0.3) is 0 Å². The maximum absolute atomic E-state index is 12.3. The second kappa shape index (κ2) is 5.85. The van der Waals surface area contributed by atoms with Crippen molar-refractivity contribution in [3.63, 3.8) is 0 Å². The average molecular weight is 354 g/mol. The summed E-state index contributed by atoms with van der Waals surface area (Å²) in [6, 6.07) is 8.99. The lowest BCUT2D eigenvalue weighted by Gasteiger charge is -2.11. The number of nitrogens with two attached hydrogens (primary N) is 1. The highest BCUT2D eigenvalue weighted by Crippen LogP contribution is 2.26. The molecule has 0 aromatic heterocycles. The summed E-state index contributed by atoms with van der Waals surface area (Å²) < 4.78 is 0.765. The van der Waals surface area contributed by atoms with Crippen LogP contribution in [-0.4, -0.2) is 5.91 Å². The van der Waals surface area contributed by atoms with E-state index < -0.39 is 0 Å². The van der Waals surface area contributed by atoms with Crippen molar-refractivity contribution in [3.05, 3.63) is 56.5 Å². The molecule has 0 aliphatic carbocycles. The number of halogens is 2. The van der Waals surface area contributed by atoms with E-state index in [1.54, 1.807) is 24.3 Å². The van der Waals surface area contributed by atoms with E-state index in [1.165, 1.54) is 0 Å². The van der Waals surface area contributed by atoms with Gasteiger partial charge in [0.1, 0.15) is 0 Å². The number of nitrogens with one attached hydrogen (secondary N) is 1. The predicted octanol–water partition coefficient (Wildman–Crippen LogP) is 4.55. The Kier molecular flexibility index (Phi) is 4.35. The fraction of sp³-hybridized carbons (Fsp3) is 0.133. The Morgan fingerprint density at radius 1 is 1.25 bits per heavy atom. The van der Waals surface area contributed by atoms with E-state index >= 15 is 0 Å². The number of hydrogen-bond donors (Lipinski definition) is 2. The van der Waals surface area contributed by atoms with E-state index in [0.717, 1.165) is 15.6 Å². The Morgan fingerprint density at radius 2 is 1.95 bits per heavy atom. The lowest BCUT2D eigenvalue weighted by Crippen LogP contribution is -2.14. The Morgan fingerprint density at radius 3 is 2.60 bits per heavy atom. The minimum Gasteiger partial charge on any atom is -0.398 e. The molecule has 2 aromatic carbocycles. The number of nitrogen functional groups attached to an aromatic ring is 1. The van der Waals surface area contributed by atoms with Gasteiger partial charge in [-0.25, -0.2) is 0 Å². The highest BCUT2D eigenvalue weighted by molar-refractivity contribution is 9.10. The van der Waals surface area contributed by atoms with Crippen LogP contribution in [-0.2, 0) is 0 Å². The molecule has 0 unspecified atom stereocenters. The molecular weight excluding hydrogens is 340 g/mol. The first-order valence-corrected chi connectivity index (χ1v) is 7.18. The number of benzene rings is 2. The van der Waals surface area contributed by atoms with E-state index in [9.17, 15) is 4.79 Å². The van der Waals surface area contributed by atoms with Gasteiger partial charge in [0.25, 0.3) is 5.91 Å². The highest BCUT2D eigenvalue weighted by Gasteiger charge is 2.13. The molecule has 0 aliphatic heterocycles. The summed E-state index contributed by atoms with van der Waals surface area (Å²) in [6.45, 7) is 3.75. The van der Waals surface area contributed by atoms with Crippen LogP contribution in [0.1, 0.15) is 21.5 Å². The molecule has 0 saturated carbocycles. The maximum Gasteiger partial charge on any atom is 0.256 e. The first-order valence-electron chi connectivity index (χ1n) is 6.01. The van der Waals surface area contributed by atoms with Crippen molar-refractivity contribution in [2.75, 3.05) is 11.1 Å². The largest absolute Gasteiger partial charge is 0.398 e. The lowest BCUT2D eigenvalue weighted by molar-refractivity contribution is 0.102. The molecular formula is C15H14BrClN2O. The number of carbonyl (C=O) groups is 1. The van der Waals surface area contributed by atoms with Crippen molar-refractivity contribution < 1.29 is 4.79 Å². The van der Waals surface area contributed by atoms with Crippen molar-refractivity contribution >= 4 is 44.8 Å². The van der Waals surface area contributed by atoms with Gasteiger partial charge in [0.05, 0.1) is 10.7 Å². The zero-order chi connectivity index (χ0) is 14.9. The second-order valence-electron chi connectivity index (χ2n) is 4.61. The third-order valence-electron chi connectivity index (χ3n) is 3.03. The highest BCUT2D eigenvalue weighted by atomic mass is 79.9. The molecule has 3 nitrogen and oxygen atoms in total. The fourth-order valence-corrected chi connectivity index (χ4v) is 2.61. The topological polar surface area (TPSA) is 55.1 Å². The maximum atomic E-state index is 12.3. The molecule has 0 radical (unpaired) electrons. The van der Waals surface area contributed by atoms with E-state index in [2.05, 4.69) is 21.2 Å². The van der Waals surface area contributed by atoms with Crippen molar-refractivity contribution in [3.8, 4) is 0 Å². The summed E-state index contributed by atoms with van der Waals surface area (Å²) in [4.78, 5) is 12.3. The van der Waals surface area contributed by atoms with Crippen molar-refractivity contribution in [1.82, 2.24) is 0 Å². The molecule has 3 N–H and O–H groups in total. The molecule has 0 bridgehead atoms. The summed E-state index contributed by atoms with van der Waals surface area (Å²) in [5.41, 5.74) is 9.32. The standard InChI is InChI=1S/C15H14BrClN2O/c1-8-3-4-14(12(17)5-8)19-15(20)11-6-10(16)7-13(18)9(11)2/h3-7H,18H2,1-2H3,(H,19,20). The van der Waals surface area contributed by atoms with E-state index in [-0.39, 0.29) is 5.91 Å². The average Bonchev–Trinajstić information content (AvgIpc) is 2.37. The summed E-state index contributed by atoms with van der Waals surface area (Å²) in [6.07, 6.45) is 0. The molecule has 0 atom stereocenters.